The Kier molecular flexibility index (Phi) is 5.27. The maximum atomic E-state index is 5.53. The molecular formula is C20H23N7O. The number of hydrogen-bond donors (Lipinski definition) is 2. The molecule has 2 atom stereocenters. The SMILES string of the molecule is CC.c1ccc(-c2noc(C3CCC(Nc4ncnc5[nH]ncc45)C3)n2)cc1. The van der Waals surface area contributed by atoms with Crippen LogP contribution in [0.15, 0.2) is 47.4 Å². The molecule has 0 saturated heterocycles. The predicted octanol–water partition coefficient (Wildman–Crippen LogP) is 4.18. The first-order chi connectivity index (χ1) is 13.9. The monoisotopic (exact) mass is 377 g/mol. The van der Waals surface area contributed by atoms with E-state index in [9.17, 15) is 0 Å². The van der Waals surface area contributed by atoms with Gasteiger partial charge in [-0.15, -0.1) is 0 Å². The van der Waals surface area contributed by atoms with Gasteiger partial charge in [-0.3, -0.25) is 5.10 Å². The maximum absolute atomic E-state index is 5.53. The standard InChI is InChI=1S/C18H17N7O.C2H6/c1-2-4-11(5-3-1)15-23-18(26-25-15)12-6-7-13(8-12)22-16-14-9-21-24-17(14)20-10-19-16;1-2/h1-5,9-10,12-13H,6-8H2,(H2,19,20,21,22,24);1-2H3. The number of hydrogen-bond acceptors (Lipinski definition) is 7. The zero-order valence-electron chi connectivity index (χ0n) is 16.0. The molecule has 0 amide bonds. The summed E-state index contributed by atoms with van der Waals surface area (Å²) in [6.07, 6.45) is 6.25. The smallest absolute Gasteiger partial charge is 0.230 e. The van der Waals surface area contributed by atoms with Crippen molar-refractivity contribution in [3.8, 4) is 11.4 Å². The van der Waals surface area contributed by atoms with Crippen LogP contribution in [0, 0.1) is 0 Å². The van der Waals surface area contributed by atoms with Crippen LogP contribution in [0.4, 0.5) is 5.82 Å². The van der Waals surface area contributed by atoms with Gasteiger partial charge in [0.15, 0.2) is 5.65 Å². The molecule has 8 heteroatoms. The fraction of sp³-hybridized carbons (Fsp3) is 0.350. The number of H-pyrrole nitrogens is 1. The average molecular weight is 377 g/mol. The van der Waals surface area contributed by atoms with Gasteiger partial charge in [-0.2, -0.15) is 10.1 Å². The molecule has 144 valence electrons. The summed E-state index contributed by atoms with van der Waals surface area (Å²) < 4.78 is 5.53. The second kappa shape index (κ2) is 8.16. The van der Waals surface area contributed by atoms with Crippen LogP contribution in [-0.2, 0) is 0 Å². The Morgan fingerprint density at radius 1 is 1.11 bits per heavy atom. The number of anilines is 1. The Morgan fingerprint density at radius 2 is 1.96 bits per heavy atom. The summed E-state index contributed by atoms with van der Waals surface area (Å²) in [6, 6.07) is 10.2. The van der Waals surface area contributed by atoms with Crippen LogP contribution in [0.5, 0.6) is 0 Å². The Bertz CT molecular complexity index is 1030. The van der Waals surface area contributed by atoms with E-state index in [4.69, 9.17) is 4.52 Å². The number of nitrogens with zero attached hydrogens (tertiary/aromatic N) is 5. The van der Waals surface area contributed by atoms with Crippen LogP contribution in [-0.4, -0.2) is 36.3 Å². The van der Waals surface area contributed by atoms with E-state index >= 15 is 0 Å². The molecule has 2 unspecified atom stereocenters. The summed E-state index contributed by atoms with van der Waals surface area (Å²) in [6.45, 7) is 4.00. The molecule has 2 N–H and O–H groups in total. The summed E-state index contributed by atoms with van der Waals surface area (Å²) in [5.74, 6) is 2.43. The molecule has 3 aromatic heterocycles. The van der Waals surface area contributed by atoms with Gasteiger partial charge in [0, 0.05) is 17.5 Å². The molecule has 0 spiro atoms. The zero-order chi connectivity index (χ0) is 19.3. The number of aromatic nitrogens is 6. The molecule has 0 aliphatic heterocycles. The van der Waals surface area contributed by atoms with Gasteiger partial charge >= 0.3 is 0 Å². The van der Waals surface area contributed by atoms with E-state index in [1.165, 1.54) is 0 Å². The molecule has 28 heavy (non-hydrogen) atoms. The lowest BCUT2D eigenvalue weighted by atomic mass is 10.1. The second-order valence-corrected chi connectivity index (χ2v) is 6.53. The third-order valence-corrected chi connectivity index (χ3v) is 4.84. The van der Waals surface area contributed by atoms with Crippen molar-refractivity contribution in [2.24, 2.45) is 0 Å². The van der Waals surface area contributed by atoms with Crippen LogP contribution >= 0.6 is 0 Å². The van der Waals surface area contributed by atoms with E-state index in [1.807, 2.05) is 44.2 Å². The van der Waals surface area contributed by atoms with Gasteiger partial charge in [0.1, 0.15) is 12.1 Å². The van der Waals surface area contributed by atoms with Crippen molar-refractivity contribution in [3.63, 3.8) is 0 Å². The minimum atomic E-state index is 0.263. The van der Waals surface area contributed by atoms with Gasteiger partial charge in [-0.25, -0.2) is 9.97 Å². The molecular weight excluding hydrogens is 354 g/mol. The third-order valence-electron chi connectivity index (χ3n) is 4.84. The van der Waals surface area contributed by atoms with Crippen molar-refractivity contribution in [1.82, 2.24) is 30.3 Å². The van der Waals surface area contributed by atoms with E-state index in [0.29, 0.717) is 17.8 Å². The van der Waals surface area contributed by atoms with Crippen molar-refractivity contribution < 1.29 is 4.52 Å². The summed E-state index contributed by atoms with van der Waals surface area (Å²) >= 11 is 0. The van der Waals surface area contributed by atoms with Crippen molar-refractivity contribution in [1.29, 1.82) is 0 Å². The van der Waals surface area contributed by atoms with Crippen molar-refractivity contribution in [2.75, 3.05) is 5.32 Å². The molecule has 1 aliphatic carbocycles. The van der Waals surface area contributed by atoms with Gasteiger partial charge in [0.25, 0.3) is 0 Å². The highest BCUT2D eigenvalue weighted by molar-refractivity contribution is 5.85. The third kappa shape index (κ3) is 3.58. The largest absolute Gasteiger partial charge is 0.367 e. The average Bonchev–Trinajstić information content (AvgIpc) is 3.50. The molecule has 1 saturated carbocycles. The quantitative estimate of drug-likeness (QED) is 0.549. The van der Waals surface area contributed by atoms with Gasteiger partial charge < -0.3 is 9.84 Å². The Balaban J connectivity index is 0.000000932. The lowest BCUT2D eigenvalue weighted by Crippen LogP contribution is -2.16. The Hall–Kier alpha value is -3.29. The minimum absolute atomic E-state index is 0.263. The molecule has 1 fully saturated rings. The van der Waals surface area contributed by atoms with Crippen molar-refractivity contribution >= 4 is 16.9 Å². The van der Waals surface area contributed by atoms with Crippen molar-refractivity contribution in [2.45, 2.75) is 45.1 Å². The highest BCUT2D eigenvalue weighted by atomic mass is 16.5. The predicted molar refractivity (Wildman–Crippen MR) is 107 cm³/mol. The normalized spacial score (nSPS) is 18.6. The molecule has 1 aromatic carbocycles. The first-order valence-corrected chi connectivity index (χ1v) is 9.66. The number of fused-ring (bicyclic) bond motifs is 1. The molecule has 1 aliphatic rings. The maximum Gasteiger partial charge on any atom is 0.230 e. The van der Waals surface area contributed by atoms with E-state index < -0.39 is 0 Å². The molecule has 0 bridgehead atoms. The number of benzene rings is 1. The fourth-order valence-electron chi connectivity index (χ4n) is 3.52. The Morgan fingerprint density at radius 3 is 2.82 bits per heavy atom. The van der Waals surface area contributed by atoms with Crippen LogP contribution in [0.25, 0.3) is 22.4 Å². The molecule has 8 nitrogen and oxygen atoms in total. The lowest BCUT2D eigenvalue weighted by molar-refractivity contribution is 0.354. The first-order valence-electron chi connectivity index (χ1n) is 9.66. The van der Waals surface area contributed by atoms with E-state index in [0.717, 1.165) is 41.7 Å². The highest BCUT2D eigenvalue weighted by Gasteiger charge is 2.30. The minimum Gasteiger partial charge on any atom is -0.367 e. The number of nitrogens with one attached hydrogen (secondary N) is 2. The van der Waals surface area contributed by atoms with Crippen LogP contribution in [0.3, 0.4) is 0 Å². The summed E-state index contributed by atoms with van der Waals surface area (Å²) in [5, 5.41) is 15.4. The molecule has 5 rings (SSSR count). The topological polar surface area (TPSA) is 105 Å². The van der Waals surface area contributed by atoms with Gasteiger partial charge in [-0.05, 0) is 19.3 Å². The van der Waals surface area contributed by atoms with E-state index in [-0.39, 0.29) is 5.92 Å². The van der Waals surface area contributed by atoms with E-state index in [2.05, 4.69) is 35.6 Å². The second-order valence-electron chi connectivity index (χ2n) is 6.53. The van der Waals surface area contributed by atoms with Crippen LogP contribution < -0.4 is 5.32 Å². The first kappa shape index (κ1) is 18.1. The highest BCUT2D eigenvalue weighted by Crippen LogP contribution is 2.36. The molecule has 0 radical (unpaired) electrons. The summed E-state index contributed by atoms with van der Waals surface area (Å²) in [4.78, 5) is 13.1. The Labute approximate surface area is 162 Å². The van der Waals surface area contributed by atoms with Gasteiger partial charge in [-0.1, -0.05) is 49.3 Å². The van der Waals surface area contributed by atoms with Crippen LogP contribution in [0.2, 0.25) is 0 Å². The van der Waals surface area contributed by atoms with Gasteiger partial charge in [0.2, 0.25) is 11.7 Å². The van der Waals surface area contributed by atoms with Crippen LogP contribution in [0.1, 0.15) is 44.9 Å². The summed E-state index contributed by atoms with van der Waals surface area (Å²) in [7, 11) is 0. The van der Waals surface area contributed by atoms with Gasteiger partial charge in [0.05, 0.1) is 11.6 Å². The van der Waals surface area contributed by atoms with E-state index in [1.54, 1.807) is 12.5 Å². The zero-order valence-corrected chi connectivity index (χ0v) is 16.0. The fourth-order valence-corrected chi connectivity index (χ4v) is 3.52. The molecule has 3 heterocycles. The number of aromatic amines is 1. The number of rotatable bonds is 4. The van der Waals surface area contributed by atoms with Crippen molar-refractivity contribution in [3.05, 3.63) is 48.7 Å². The summed E-state index contributed by atoms with van der Waals surface area (Å²) in [5.41, 5.74) is 1.71. The lowest BCUT2D eigenvalue weighted by Gasteiger charge is -2.13. The molecule has 4 aromatic rings.